The zero-order valence-corrected chi connectivity index (χ0v) is 8.52. The van der Waals surface area contributed by atoms with Crippen LogP contribution >= 0.6 is 11.8 Å². The first kappa shape index (κ1) is 11.3. The highest BCUT2D eigenvalue weighted by molar-refractivity contribution is 7.99. The number of hydrogen-bond donors (Lipinski definition) is 1. The maximum Gasteiger partial charge on any atom is 0.0464 e. The minimum atomic E-state index is 0.314. The summed E-state index contributed by atoms with van der Waals surface area (Å²) in [7, 11) is 4.16. The van der Waals surface area contributed by atoms with Gasteiger partial charge in [0.15, 0.2) is 0 Å². The number of hydrogen-bond acceptors (Lipinski definition) is 3. The molecule has 0 aromatic heterocycles. The zero-order chi connectivity index (χ0) is 8.69. The predicted molar refractivity (Wildman–Crippen MR) is 52.1 cm³/mol. The maximum atomic E-state index is 8.72. The summed E-state index contributed by atoms with van der Waals surface area (Å²) in [5.41, 5.74) is 0. The van der Waals surface area contributed by atoms with E-state index in [2.05, 4.69) is 25.9 Å². The average molecular weight is 177 g/mol. The molecule has 0 bridgehead atoms. The van der Waals surface area contributed by atoms with Gasteiger partial charge in [0.1, 0.15) is 0 Å². The second kappa shape index (κ2) is 6.95. The van der Waals surface area contributed by atoms with Gasteiger partial charge in [0.25, 0.3) is 0 Å². The molecule has 1 N–H and O–H groups in total. The molecule has 3 heteroatoms. The highest BCUT2D eigenvalue weighted by Crippen LogP contribution is 2.06. The number of nitrogens with zero attached hydrogens (tertiary/aromatic N) is 1. The smallest absolute Gasteiger partial charge is 0.0464 e. The van der Waals surface area contributed by atoms with Crippen molar-refractivity contribution in [2.75, 3.05) is 38.8 Å². The Bertz CT molecular complexity index is 88.2. The topological polar surface area (TPSA) is 23.5 Å². The lowest BCUT2D eigenvalue weighted by atomic mass is 10.2. The van der Waals surface area contributed by atoms with Crippen molar-refractivity contribution in [2.45, 2.75) is 6.92 Å². The minimum Gasteiger partial charge on any atom is -0.396 e. The molecular weight excluding hydrogens is 158 g/mol. The van der Waals surface area contributed by atoms with Crippen LogP contribution in [0.15, 0.2) is 0 Å². The Morgan fingerprint density at radius 2 is 2.09 bits per heavy atom. The molecule has 11 heavy (non-hydrogen) atoms. The van der Waals surface area contributed by atoms with Crippen LogP contribution < -0.4 is 0 Å². The third-order valence-electron chi connectivity index (χ3n) is 1.40. The van der Waals surface area contributed by atoms with Gasteiger partial charge in [-0.05, 0) is 25.8 Å². The van der Waals surface area contributed by atoms with Crippen molar-refractivity contribution in [1.29, 1.82) is 0 Å². The SMILES string of the molecule is CC(CO)CSCCN(C)C. The van der Waals surface area contributed by atoms with Gasteiger partial charge in [0, 0.05) is 18.9 Å². The average Bonchev–Trinajstić information content (AvgIpc) is 1.97. The molecule has 0 fully saturated rings. The molecule has 0 rings (SSSR count). The van der Waals surface area contributed by atoms with Gasteiger partial charge in [-0.25, -0.2) is 0 Å². The highest BCUT2D eigenvalue weighted by atomic mass is 32.2. The Kier molecular flexibility index (Phi) is 7.12. The van der Waals surface area contributed by atoms with Crippen LogP contribution in [0.1, 0.15) is 6.92 Å². The van der Waals surface area contributed by atoms with Crippen LogP contribution in [0.4, 0.5) is 0 Å². The standard InChI is InChI=1S/C8H19NOS/c1-8(6-10)7-11-5-4-9(2)3/h8,10H,4-7H2,1-3H3. The lowest BCUT2D eigenvalue weighted by Crippen LogP contribution is -2.15. The summed E-state index contributed by atoms with van der Waals surface area (Å²) < 4.78 is 0. The van der Waals surface area contributed by atoms with E-state index in [9.17, 15) is 0 Å². The summed E-state index contributed by atoms with van der Waals surface area (Å²) in [6.07, 6.45) is 0. The van der Waals surface area contributed by atoms with E-state index in [-0.39, 0.29) is 0 Å². The summed E-state index contributed by atoms with van der Waals surface area (Å²) >= 11 is 1.91. The van der Waals surface area contributed by atoms with Crippen LogP contribution in [0.25, 0.3) is 0 Å². The van der Waals surface area contributed by atoms with Gasteiger partial charge in [-0.3, -0.25) is 0 Å². The molecule has 0 heterocycles. The number of rotatable bonds is 6. The van der Waals surface area contributed by atoms with Crippen molar-refractivity contribution < 1.29 is 5.11 Å². The van der Waals surface area contributed by atoms with Gasteiger partial charge in [0.2, 0.25) is 0 Å². The molecule has 1 unspecified atom stereocenters. The Morgan fingerprint density at radius 1 is 1.45 bits per heavy atom. The molecule has 0 aliphatic carbocycles. The van der Waals surface area contributed by atoms with E-state index in [0.29, 0.717) is 12.5 Å². The molecule has 1 atom stereocenters. The molecule has 0 amide bonds. The van der Waals surface area contributed by atoms with E-state index in [1.165, 1.54) is 0 Å². The molecule has 68 valence electrons. The Morgan fingerprint density at radius 3 is 2.55 bits per heavy atom. The fraction of sp³-hybridized carbons (Fsp3) is 1.00. The Labute approximate surface area is 74.0 Å². The summed E-state index contributed by atoms with van der Waals surface area (Å²) in [6.45, 7) is 3.51. The quantitative estimate of drug-likeness (QED) is 0.610. The number of aliphatic hydroxyl groups excluding tert-OH is 1. The molecule has 0 saturated carbocycles. The molecule has 0 aliphatic rings. The Hall–Kier alpha value is 0.270. The third-order valence-corrected chi connectivity index (χ3v) is 2.67. The molecule has 0 aliphatic heterocycles. The normalized spacial score (nSPS) is 13.9. The number of thioether (sulfide) groups is 1. The van der Waals surface area contributed by atoms with Crippen LogP contribution in [0.2, 0.25) is 0 Å². The van der Waals surface area contributed by atoms with Crippen LogP contribution in [-0.4, -0.2) is 48.8 Å². The molecule has 0 radical (unpaired) electrons. The first-order chi connectivity index (χ1) is 5.16. The minimum absolute atomic E-state index is 0.314. The van der Waals surface area contributed by atoms with Crippen LogP contribution in [-0.2, 0) is 0 Å². The van der Waals surface area contributed by atoms with Crippen molar-refractivity contribution in [1.82, 2.24) is 4.90 Å². The molecule has 2 nitrogen and oxygen atoms in total. The van der Waals surface area contributed by atoms with E-state index < -0.39 is 0 Å². The Balaban J connectivity index is 3.01. The van der Waals surface area contributed by atoms with Crippen molar-refractivity contribution in [3.63, 3.8) is 0 Å². The van der Waals surface area contributed by atoms with E-state index >= 15 is 0 Å². The maximum absolute atomic E-state index is 8.72. The lowest BCUT2D eigenvalue weighted by Gasteiger charge is -2.10. The first-order valence-electron chi connectivity index (χ1n) is 4.00. The highest BCUT2D eigenvalue weighted by Gasteiger charge is 1.99. The van der Waals surface area contributed by atoms with Gasteiger partial charge in [-0.2, -0.15) is 11.8 Å². The monoisotopic (exact) mass is 177 g/mol. The first-order valence-corrected chi connectivity index (χ1v) is 5.15. The molecular formula is C8H19NOS. The summed E-state index contributed by atoms with van der Waals surface area (Å²) in [5, 5.41) is 8.72. The van der Waals surface area contributed by atoms with E-state index in [0.717, 1.165) is 18.1 Å². The lowest BCUT2D eigenvalue weighted by molar-refractivity contribution is 0.250. The van der Waals surface area contributed by atoms with Crippen molar-refractivity contribution in [3.8, 4) is 0 Å². The molecule has 0 aromatic rings. The molecule has 0 saturated heterocycles. The van der Waals surface area contributed by atoms with Gasteiger partial charge >= 0.3 is 0 Å². The summed E-state index contributed by atoms with van der Waals surface area (Å²) in [5.74, 6) is 2.68. The molecule has 0 spiro atoms. The fourth-order valence-corrected chi connectivity index (χ4v) is 1.75. The van der Waals surface area contributed by atoms with Gasteiger partial charge in [0.05, 0.1) is 0 Å². The van der Waals surface area contributed by atoms with Gasteiger partial charge in [-0.1, -0.05) is 6.92 Å². The van der Waals surface area contributed by atoms with Gasteiger partial charge in [-0.15, -0.1) is 0 Å². The van der Waals surface area contributed by atoms with E-state index in [1.807, 2.05) is 11.8 Å². The third kappa shape index (κ3) is 8.17. The number of aliphatic hydroxyl groups is 1. The second-order valence-corrected chi connectivity index (χ2v) is 4.32. The van der Waals surface area contributed by atoms with E-state index in [4.69, 9.17) is 5.11 Å². The van der Waals surface area contributed by atoms with Crippen LogP contribution in [0.3, 0.4) is 0 Å². The molecule has 0 aromatic carbocycles. The van der Waals surface area contributed by atoms with Gasteiger partial charge < -0.3 is 10.0 Å². The van der Waals surface area contributed by atoms with E-state index in [1.54, 1.807) is 0 Å². The van der Waals surface area contributed by atoms with Crippen molar-refractivity contribution in [2.24, 2.45) is 5.92 Å². The summed E-state index contributed by atoms with van der Waals surface area (Å²) in [4.78, 5) is 2.18. The largest absolute Gasteiger partial charge is 0.396 e. The summed E-state index contributed by atoms with van der Waals surface area (Å²) in [6, 6.07) is 0. The predicted octanol–water partition coefficient (Wildman–Crippen LogP) is 0.910. The second-order valence-electron chi connectivity index (χ2n) is 3.17. The van der Waals surface area contributed by atoms with Crippen LogP contribution in [0, 0.1) is 5.92 Å². The van der Waals surface area contributed by atoms with Crippen molar-refractivity contribution in [3.05, 3.63) is 0 Å². The fourth-order valence-electron chi connectivity index (χ4n) is 0.584. The zero-order valence-electron chi connectivity index (χ0n) is 7.71. The van der Waals surface area contributed by atoms with Crippen molar-refractivity contribution >= 4 is 11.8 Å². The van der Waals surface area contributed by atoms with Crippen LogP contribution in [0.5, 0.6) is 0 Å².